The van der Waals surface area contributed by atoms with Gasteiger partial charge < -0.3 is 24.8 Å². The van der Waals surface area contributed by atoms with Crippen LogP contribution in [0.1, 0.15) is 28.9 Å². The predicted octanol–water partition coefficient (Wildman–Crippen LogP) is 4.40. The molecule has 0 aromatic heterocycles. The van der Waals surface area contributed by atoms with Crippen LogP contribution in [0.3, 0.4) is 0 Å². The SMILES string of the molecule is COc1cccc(NC(=O)COc2ccc(C(=O)OCC(=O)NC(C)c3cccc(Cl)c3)cc2)c1. The fraction of sp³-hybridized carbons (Fsp3) is 0.192. The average Bonchev–Trinajstić information content (AvgIpc) is 2.86. The molecule has 0 saturated carbocycles. The number of carbonyl (C=O) groups excluding carboxylic acids is 3. The quantitative estimate of drug-likeness (QED) is 0.403. The van der Waals surface area contributed by atoms with Crippen LogP contribution >= 0.6 is 11.6 Å². The van der Waals surface area contributed by atoms with Crippen LogP contribution in [0.15, 0.2) is 72.8 Å². The number of rotatable bonds is 10. The van der Waals surface area contributed by atoms with Crippen molar-refractivity contribution >= 4 is 35.1 Å². The Morgan fingerprint density at radius 2 is 1.63 bits per heavy atom. The lowest BCUT2D eigenvalue weighted by Crippen LogP contribution is -2.31. The minimum absolute atomic E-state index is 0.216. The molecule has 0 aliphatic carbocycles. The van der Waals surface area contributed by atoms with Gasteiger partial charge in [-0.2, -0.15) is 0 Å². The van der Waals surface area contributed by atoms with Crippen LogP contribution in [0.4, 0.5) is 5.69 Å². The molecule has 1 atom stereocenters. The monoisotopic (exact) mass is 496 g/mol. The topological polar surface area (TPSA) is 103 Å². The molecule has 0 fully saturated rings. The Hall–Kier alpha value is -4.04. The van der Waals surface area contributed by atoms with E-state index in [2.05, 4.69) is 10.6 Å². The number of hydrogen-bond acceptors (Lipinski definition) is 6. The number of anilines is 1. The average molecular weight is 497 g/mol. The molecule has 0 aliphatic heterocycles. The lowest BCUT2D eigenvalue weighted by Gasteiger charge is -2.14. The van der Waals surface area contributed by atoms with Crippen molar-refractivity contribution in [1.29, 1.82) is 0 Å². The van der Waals surface area contributed by atoms with Gasteiger partial charge in [-0.15, -0.1) is 0 Å². The van der Waals surface area contributed by atoms with Gasteiger partial charge in [-0.3, -0.25) is 9.59 Å². The highest BCUT2D eigenvalue weighted by atomic mass is 35.5. The van der Waals surface area contributed by atoms with Gasteiger partial charge in [0.05, 0.1) is 18.7 Å². The molecule has 1 unspecified atom stereocenters. The van der Waals surface area contributed by atoms with Crippen molar-refractivity contribution in [3.05, 3.63) is 88.9 Å². The normalized spacial score (nSPS) is 11.2. The smallest absolute Gasteiger partial charge is 0.338 e. The zero-order chi connectivity index (χ0) is 25.2. The number of nitrogens with one attached hydrogen (secondary N) is 2. The molecule has 3 rings (SSSR count). The van der Waals surface area contributed by atoms with E-state index in [9.17, 15) is 14.4 Å². The van der Waals surface area contributed by atoms with Gasteiger partial charge in [0.2, 0.25) is 0 Å². The minimum atomic E-state index is -0.655. The molecule has 8 nitrogen and oxygen atoms in total. The van der Waals surface area contributed by atoms with E-state index in [4.69, 9.17) is 25.8 Å². The number of benzene rings is 3. The Labute approximate surface area is 208 Å². The Morgan fingerprint density at radius 1 is 0.886 bits per heavy atom. The van der Waals surface area contributed by atoms with Crippen LogP contribution in [0.25, 0.3) is 0 Å². The molecule has 9 heteroatoms. The first-order valence-electron chi connectivity index (χ1n) is 10.7. The van der Waals surface area contributed by atoms with Crippen molar-refractivity contribution in [3.63, 3.8) is 0 Å². The van der Waals surface area contributed by atoms with E-state index in [1.807, 2.05) is 6.07 Å². The molecule has 0 spiro atoms. The van der Waals surface area contributed by atoms with Crippen molar-refractivity contribution in [2.75, 3.05) is 25.6 Å². The van der Waals surface area contributed by atoms with Gasteiger partial charge in [0, 0.05) is 16.8 Å². The third kappa shape index (κ3) is 8.04. The Bertz CT molecular complexity index is 1180. The summed E-state index contributed by atoms with van der Waals surface area (Å²) in [6.45, 7) is 1.17. The van der Waals surface area contributed by atoms with Crippen LogP contribution in [0, 0.1) is 0 Å². The van der Waals surface area contributed by atoms with Crippen LogP contribution in [-0.2, 0) is 14.3 Å². The van der Waals surface area contributed by atoms with Crippen LogP contribution in [0.5, 0.6) is 11.5 Å². The molecule has 3 aromatic carbocycles. The van der Waals surface area contributed by atoms with Gasteiger partial charge in [0.25, 0.3) is 11.8 Å². The van der Waals surface area contributed by atoms with Crippen molar-refractivity contribution in [1.82, 2.24) is 5.32 Å². The Morgan fingerprint density at radius 3 is 2.34 bits per heavy atom. The first kappa shape index (κ1) is 25.6. The van der Waals surface area contributed by atoms with E-state index in [1.54, 1.807) is 56.5 Å². The maximum atomic E-state index is 12.2. The summed E-state index contributed by atoms with van der Waals surface area (Å²) in [6.07, 6.45) is 0. The van der Waals surface area contributed by atoms with Gasteiger partial charge >= 0.3 is 5.97 Å². The summed E-state index contributed by atoms with van der Waals surface area (Å²) in [5.74, 6) is -0.416. The fourth-order valence-electron chi connectivity index (χ4n) is 3.09. The molecule has 0 radical (unpaired) electrons. The van der Waals surface area contributed by atoms with Crippen LogP contribution in [0.2, 0.25) is 5.02 Å². The Balaban J connectivity index is 1.42. The lowest BCUT2D eigenvalue weighted by molar-refractivity contribution is -0.124. The molecule has 2 amide bonds. The minimum Gasteiger partial charge on any atom is -0.497 e. The number of esters is 1. The van der Waals surface area contributed by atoms with Gasteiger partial charge in [-0.1, -0.05) is 29.8 Å². The summed E-state index contributed by atoms with van der Waals surface area (Å²) < 4.78 is 15.7. The summed E-state index contributed by atoms with van der Waals surface area (Å²) in [5.41, 5.74) is 1.67. The maximum Gasteiger partial charge on any atom is 0.338 e. The molecular weight excluding hydrogens is 472 g/mol. The summed E-state index contributed by atoms with van der Waals surface area (Å²) in [4.78, 5) is 36.5. The highest BCUT2D eigenvalue weighted by Crippen LogP contribution is 2.18. The van der Waals surface area contributed by atoms with Crippen molar-refractivity contribution < 1.29 is 28.6 Å². The molecule has 0 aliphatic rings. The number of amides is 2. The van der Waals surface area contributed by atoms with Gasteiger partial charge in [0.1, 0.15) is 11.5 Å². The molecule has 2 N–H and O–H groups in total. The zero-order valence-corrected chi connectivity index (χ0v) is 20.0. The number of halogens is 1. The summed E-state index contributed by atoms with van der Waals surface area (Å²) in [7, 11) is 1.54. The second-order valence-electron chi connectivity index (χ2n) is 7.51. The first-order valence-corrected chi connectivity index (χ1v) is 11.1. The largest absolute Gasteiger partial charge is 0.497 e. The third-order valence-electron chi connectivity index (χ3n) is 4.87. The second kappa shape index (κ2) is 12.4. The summed E-state index contributed by atoms with van der Waals surface area (Å²) >= 11 is 5.97. The molecular formula is C26H25ClN2O6. The van der Waals surface area contributed by atoms with Gasteiger partial charge in [-0.25, -0.2) is 4.79 Å². The number of hydrogen-bond donors (Lipinski definition) is 2. The highest BCUT2D eigenvalue weighted by molar-refractivity contribution is 6.30. The number of methoxy groups -OCH3 is 1. The third-order valence-corrected chi connectivity index (χ3v) is 5.11. The van der Waals surface area contributed by atoms with Crippen molar-refractivity contribution in [3.8, 4) is 11.5 Å². The second-order valence-corrected chi connectivity index (χ2v) is 7.95. The molecule has 0 bridgehead atoms. The highest BCUT2D eigenvalue weighted by Gasteiger charge is 2.14. The van der Waals surface area contributed by atoms with Crippen molar-refractivity contribution in [2.24, 2.45) is 0 Å². The zero-order valence-electron chi connectivity index (χ0n) is 19.2. The van der Waals surface area contributed by atoms with Crippen LogP contribution in [-0.4, -0.2) is 38.1 Å². The van der Waals surface area contributed by atoms with Crippen LogP contribution < -0.4 is 20.1 Å². The van der Waals surface area contributed by atoms with E-state index in [0.29, 0.717) is 22.2 Å². The van der Waals surface area contributed by atoms with E-state index in [-0.39, 0.29) is 24.1 Å². The van der Waals surface area contributed by atoms with Gasteiger partial charge in [0.15, 0.2) is 13.2 Å². The summed E-state index contributed by atoms with van der Waals surface area (Å²) in [5, 5.41) is 6.03. The fourth-order valence-corrected chi connectivity index (χ4v) is 3.29. The van der Waals surface area contributed by atoms with Crippen molar-refractivity contribution in [2.45, 2.75) is 13.0 Å². The molecule has 3 aromatic rings. The van der Waals surface area contributed by atoms with E-state index >= 15 is 0 Å². The standard InChI is InChI=1S/C26H25ClN2O6/c1-17(19-5-3-6-20(27)13-19)28-24(30)16-35-26(32)18-9-11-22(12-10-18)34-15-25(31)29-21-7-4-8-23(14-21)33-2/h3-14,17H,15-16H2,1-2H3,(H,28,30)(H,29,31). The maximum absolute atomic E-state index is 12.2. The predicted molar refractivity (Wildman–Crippen MR) is 132 cm³/mol. The Kier molecular flexibility index (Phi) is 9.09. The molecule has 0 heterocycles. The van der Waals surface area contributed by atoms with Gasteiger partial charge in [-0.05, 0) is 61.0 Å². The molecule has 0 saturated heterocycles. The lowest BCUT2D eigenvalue weighted by atomic mass is 10.1. The number of ether oxygens (including phenoxy) is 3. The molecule has 35 heavy (non-hydrogen) atoms. The molecule has 182 valence electrons. The van der Waals surface area contributed by atoms with E-state index < -0.39 is 18.5 Å². The number of carbonyl (C=O) groups is 3. The van der Waals surface area contributed by atoms with E-state index in [0.717, 1.165) is 5.56 Å². The summed E-state index contributed by atoms with van der Waals surface area (Å²) in [6, 6.07) is 19.9. The van der Waals surface area contributed by atoms with E-state index in [1.165, 1.54) is 24.3 Å². The first-order chi connectivity index (χ1) is 16.8.